The molecule has 0 amide bonds. The van der Waals surface area contributed by atoms with Crippen LogP contribution < -0.4 is 5.32 Å². The van der Waals surface area contributed by atoms with Gasteiger partial charge in [-0.2, -0.15) is 0 Å². The number of nitrogens with one attached hydrogen (secondary N) is 1. The molecular formula is C21H26N2O3. The van der Waals surface area contributed by atoms with E-state index < -0.39 is 5.97 Å². The molecule has 0 radical (unpaired) electrons. The lowest BCUT2D eigenvalue weighted by molar-refractivity contribution is 0.0518. The predicted octanol–water partition coefficient (Wildman–Crippen LogP) is 3.73. The Morgan fingerprint density at radius 1 is 1.35 bits per heavy atom. The van der Waals surface area contributed by atoms with Gasteiger partial charge in [0.1, 0.15) is 5.76 Å². The van der Waals surface area contributed by atoms with Gasteiger partial charge in [-0.1, -0.05) is 36.8 Å². The summed E-state index contributed by atoms with van der Waals surface area (Å²) in [7, 11) is 0. The highest BCUT2D eigenvalue weighted by atomic mass is 16.5. The molecule has 1 unspecified atom stereocenters. The van der Waals surface area contributed by atoms with E-state index in [9.17, 15) is 4.79 Å². The third-order valence-corrected chi connectivity index (χ3v) is 5.75. The molecule has 0 spiro atoms. The van der Waals surface area contributed by atoms with Crippen LogP contribution in [0.3, 0.4) is 0 Å². The van der Waals surface area contributed by atoms with Gasteiger partial charge in [0, 0.05) is 18.5 Å². The van der Waals surface area contributed by atoms with Crippen LogP contribution in [0.25, 0.3) is 0 Å². The molecule has 0 saturated heterocycles. The van der Waals surface area contributed by atoms with Gasteiger partial charge in [0.25, 0.3) is 0 Å². The molecule has 1 aromatic carbocycles. The molecule has 1 aromatic heterocycles. The van der Waals surface area contributed by atoms with Crippen LogP contribution in [0.1, 0.15) is 66.2 Å². The molecular weight excluding hydrogens is 328 g/mol. The molecule has 2 aliphatic carbocycles. The number of esters is 1. The van der Waals surface area contributed by atoms with Crippen LogP contribution in [0, 0.1) is 6.92 Å². The second-order valence-electron chi connectivity index (χ2n) is 7.52. The normalized spacial score (nSPS) is 23.3. The van der Waals surface area contributed by atoms with Crippen molar-refractivity contribution < 1.29 is 13.9 Å². The van der Waals surface area contributed by atoms with Crippen molar-refractivity contribution in [2.24, 2.45) is 0 Å². The van der Waals surface area contributed by atoms with Gasteiger partial charge in [0.05, 0.1) is 12.0 Å². The van der Waals surface area contributed by atoms with Crippen LogP contribution in [0.15, 0.2) is 34.7 Å². The Balaban J connectivity index is 1.42. The van der Waals surface area contributed by atoms with Gasteiger partial charge in [-0.05, 0) is 38.7 Å². The number of hydrogen-bond donors (Lipinski definition) is 1. The summed E-state index contributed by atoms with van der Waals surface area (Å²) >= 11 is 0. The van der Waals surface area contributed by atoms with Crippen molar-refractivity contribution in [2.75, 3.05) is 13.2 Å². The van der Waals surface area contributed by atoms with Crippen molar-refractivity contribution in [3.05, 3.63) is 53.2 Å². The lowest BCUT2D eigenvalue weighted by atomic mass is 9.68. The van der Waals surface area contributed by atoms with Crippen molar-refractivity contribution >= 4 is 5.97 Å². The van der Waals surface area contributed by atoms with Crippen LogP contribution in [0.5, 0.6) is 0 Å². The number of aromatic nitrogens is 1. The first-order chi connectivity index (χ1) is 12.6. The molecule has 2 atom stereocenters. The average Bonchev–Trinajstić information content (AvgIpc) is 3.28. The number of carbonyl (C=O) groups excluding carboxylic acids is 1. The van der Waals surface area contributed by atoms with Crippen LogP contribution in [0.2, 0.25) is 0 Å². The Hall–Kier alpha value is -2.14. The molecule has 26 heavy (non-hydrogen) atoms. The molecule has 0 aliphatic heterocycles. The Kier molecular flexibility index (Phi) is 4.57. The maximum absolute atomic E-state index is 12.0. The van der Waals surface area contributed by atoms with Gasteiger partial charge in [0.15, 0.2) is 5.69 Å². The topological polar surface area (TPSA) is 64.4 Å². The van der Waals surface area contributed by atoms with Gasteiger partial charge in [-0.25, -0.2) is 9.78 Å². The minimum Gasteiger partial charge on any atom is -0.461 e. The van der Waals surface area contributed by atoms with E-state index in [-0.39, 0.29) is 5.41 Å². The van der Waals surface area contributed by atoms with E-state index in [0.29, 0.717) is 35.9 Å². The number of carbonyl (C=O) groups is 1. The van der Waals surface area contributed by atoms with E-state index in [2.05, 4.69) is 40.6 Å². The summed E-state index contributed by atoms with van der Waals surface area (Å²) in [6, 6.07) is 11.2. The van der Waals surface area contributed by atoms with Gasteiger partial charge in [0.2, 0.25) is 5.89 Å². The van der Waals surface area contributed by atoms with Crippen molar-refractivity contribution in [1.82, 2.24) is 10.3 Å². The number of aryl methyl sites for hydroxylation is 1. The zero-order valence-electron chi connectivity index (χ0n) is 15.5. The highest BCUT2D eigenvalue weighted by molar-refractivity contribution is 5.88. The van der Waals surface area contributed by atoms with Gasteiger partial charge < -0.3 is 14.5 Å². The molecule has 0 bridgehead atoms. The summed E-state index contributed by atoms with van der Waals surface area (Å²) in [5.41, 5.74) is 1.64. The summed E-state index contributed by atoms with van der Waals surface area (Å²) in [6.45, 7) is 4.78. The molecule has 1 N–H and O–H groups in total. The molecule has 2 aromatic rings. The summed E-state index contributed by atoms with van der Waals surface area (Å²) in [5, 5.41) is 3.71. The Bertz CT molecular complexity index is 780. The van der Waals surface area contributed by atoms with Crippen molar-refractivity contribution in [3.8, 4) is 0 Å². The minimum absolute atomic E-state index is 0.0840. The quantitative estimate of drug-likeness (QED) is 0.768. The Morgan fingerprint density at radius 3 is 2.77 bits per heavy atom. The fourth-order valence-electron chi connectivity index (χ4n) is 3.90. The molecule has 2 saturated carbocycles. The van der Waals surface area contributed by atoms with Crippen LogP contribution >= 0.6 is 0 Å². The zero-order chi connectivity index (χ0) is 18.1. The Labute approximate surface area is 154 Å². The predicted molar refractivity (Wildman–Crippen MR) is 98.3 cm³/mol. The Morgan fingerprint density at radius 2 is 2.12 bits per heavy atom. The maximum atomic E-state index is 12.0. The molecule has 1 heterocycles. The summed E-state index contributed by atoms with van der Waals surface area (Å²) in [5.74, 6) is 1.45. The van der Waals surface area contributed by atoms with Crippen LogP contribution in [-0.2, 0) is 10.2 Å². The van der Waals surface area contributed by atoms with Crippen LogP contribution in [-0.4, -0.2) is 30.1 Å². The minimum atomic E-state index is -0.395. The number of rotatable bonds is 7. The van der Waals surface area contributed by atoms with E-state index in [4.69, 9.17) is 9.15 Å². The average molecular weight is 354 g/mol. The van der Waals surface area contributed by atoms with E-state index in [1.807, 2.05) is 0 Å². The summed E-state index contributed by atoms with van der Waals surface area (Å²) in [4.78, 5) is 16.5. The molecule has 5 nitrogen and oxygen atoms in total. The molecule has 138 valence electrons. The molecule has 5 heteroatoms. The number of benzene rings is 1. The van der Waals surface area contributed by atoms with Crippen molar-refractivity contribution in [3.63, 3.8) is 0 Å². The monoisotopic (exact) mass is 354 g/mol. The fourth-order valence-corrected chi connectivity index (χ4v) is 3.90. The number of ether oxygens (including phenoxy) is 1. The second kappa shape index (κ2) is 6.88. The second-order valence-corrected chi connectivity index (χ2v) is 7.52. The van der Waals surface area contributed by atoms with Crippen LogP contribution in [0.4, 0.5) is 0 Å². The third-order valence-electron chi connectivity index (χ3n) is 5.75. The number of nitrogens with zero attached hydrogens (tertiary/aromatic N) is 1. The first kappa shape index (κ1) is 17.3. The van der Waals surface area contributed by atoms with E-state index in [0.717, 1.165) is 19.4 Å². The van der Waals surface area contributed by atoms with Gasteiger partial charge in [-0.3, -0.25) is 0 Å². The highest BCUT2D eigenvalue weighted by Gasteiger charge is 2.46. The largest absolute Gasteiger partial charge is 0.461 e. The first-order valence-electron chi connectivity index (χ1n) is 9.56. The maximum Gasteiger partial charge on any atom is 0.360 e. The van der Waals surface area contributed by atoms with Gasteiger partial charge >= 0.3 is 5.97 Å². The molecule has 2 fully saturated rings. The lowest BCUT2D eigenvalue weighted by Gasteiger charge is -2.39. The SMILES string of the molecule is CCOC(=O)c1nc(C2(CN[C@H]3CC3c3ccccc3)CCC2)oc1C. The summed E-state index contributed by atoms with van der Waals surface area (Å²) in [6.07, 6.45) is 4.44. The summed E-state index contributed by atoms with van der Waals surface area (Å²) < 4.78 is 11.0. The highest BCUT2D eigenvalue weighted by Crippen LogP contribution is 2.46. The number of hydrogen-bond acceptors (Lipinski definition) is 5. The smallest absolute Gasteiger partial charge is 0.360 e. The third kappa shape index (κ3) is 3.16. The number of oxazole rings is 1. The van der Waals surface area contributed by atoms with E-state index in [1.54, 1.807) is 13.8 Å². The lowest BCUT2D eigenvalue weighted by Crippen LogP contribution is -2.45. The van der Waals surface area contributed by atoms with E-state index >= 15 is 0 Å². The fraction of sp³-hybridized carbons (Fsp3) is 0.524. The van der Waals surface area contributed by atoms with Gasteiger partial charge in [-0.15, -0.1) is 0 Å². The molecule has 4 rings (SSSR count). The van der Waals surface area contributed by atoms with Crippen molar-refractivity contribution in [1.29, 1.82) is 0 Å². The van der Waals surface area contributed by atoms with Crippen molar-refractivity contribution in [2.45, 2.75) is 56.9 Å². The first-order valence-corrected chi connectivity index (χ1v) is 9.56. The van der Waals surface area contributed by atoms with E-state index in [1.165, 1.54) is 18.4 Å². The standard InChI is InChI=1S/C21H26N2O3/c1-3-25-19(24)18-14(2)26-20(23-18)21(10-7-11-21)13-22-17-12-16(17)15-8-5-4-6-9-15/h4-6,8-9,16-17,22H,3,7,10-13H2,1-2H3/t16?,17-/m0/s1. The zero-order valence-corrected chi connectivity index (χ0v) is 15.5. The molecule has 2 aliphatic rings.